The number of likely N-dealkylation sites (tertiary alicyclic amines) is 1. The van der Waals surface area contributed by atoms with Crippen molar-refractivity contribution in [3.63, 3.8) is 0 Å². The molecule has 0 aromatic rings. The van der Waals surface area contributed by atoms with Crippen LogP contribution in [-0.2, 0) is 0 Å². The lowest BCUT2D eigenvalue weighted by Crippen LogP contribution is -2.56. The monoisotopic (exact) mass is 238 g/mol. The summed E-state index contributed by atoms with van der Waals surface area (Å²) >= 11 is 0. The van der Waals surface area contributed by atoms with Crippen molar-refractivity contribution in [2.24, 2.45) is 17.3 Å². The molecule has 1 saturated heterocycles. The summed E-state index contributed by atoms with van der Waals surface area (Å²) in [7, 11) is 0. The SMILES string of the molecule is CC(C)NC(=O)N1CCC2(CC1)C(C)CC2C. The van der Waals surface area contributed by atoms with E-state index in [1.54, 1.807) is 0 Å². The minimum Gasteiger partial charge on any atom is -0.336 e. The highest BCUT2D eigenvalue weighted by Gasteiger charge is 2.51. The van der Waals surface area contributed by atoms with Gasteiger partial charge in [0.15, 0.2) is 0 Å². The number of nitrogens with one attached hydrogen (secondary N) is 1. The van der Waals surface area contributed by atoms with Crippen molar-refractivity contribution in [2.75, 3.05) is 13.1 Å². The van der Waals surface area contributed by atoms with E-state index >= 15 is 0 Å². The van der Waals surface area contributed by atoms with Crippen molar-refractivity contribution in [2.45, 2.75) is 53.0 Å². The van der Waals surface area contributed by atoms with Crippen LogP contribution in [0, 0.1) is 17.3 Å². The van der Waals surface area contributed by atoms with E-state index in [2.05, 4.69) is 19.2 Å². The van der Waals surface area contributed by atoms with Crippen molar-refractivity contribution < 1.29 is 4.79 Å². The second kappa shape index (κ2) is 4.51. The lowest BCUT2D eigenvalue weighted by molar-refractivity contribution is -0.0748. The molecule has 1 heterocycles. The predicted octanol–water partition coefficient (Wildman–Crippen LogP) is 2.86. The van der Waals surface area contributed by atoms with Gasteiger partial charge in [0.05, 0.1) is 0 Å². The fraction of sp³-hybridized carbons (Fsp3) is 0.929. The zero-order valence-electron chi connectivity index (χ0n) is 11.6. The molecule has 2 amide bonds. The van der Waals surface area contributed by atoms with E-state index in [1.165, 1.54) is 19.3 Å². The number of nitrogens with zero attached hydrogens (tertiary/aromatic N) is 1. The highest BCUT2D eigenvalue weighted by atomic mass is 16.2. The molecule has 1 aliphatic carbocycles. The number of piperidine rings is 1. The molecule has 0 aromatic carbocycles. The van der Waals surface area contributed by atoms with Gasteiger partial charge in [-0.15, -0.1) is 0 Å². The molecule has 0 radical (unpaired) electrons. The van der Waals surface area contributed by atoms with Gasteiger partial charge >= 0.3 is 6.03 Å². The lowest BCUT2D eigenvalue weighted by atomic mass is 9.50. The Kier molecular flexibility index (Phi) is 3.37. The third-order valence-electron chi connectivity index (χ3n) is 5.06. The number of carbonyl (C=O) groups is 1. The maximum atomic E-state index is 11.9. The van der Waals surface area contributed by atoms with E-state index in [1.807, 2.05) is 18.7 Å². The van der Waals surface area contributed by atoms with Gasteiger partial charge in [-0.3, -0.25) is 0 Å². The molecule has 3 heteroatoms. The number of hydrogen-bond acceptors (Lipinski definition) is 1. The molecule has 1 saturated carbocycles. The number of urea groups is 1. The summed E-state index contributed by atoms with van der Waals surface area (Å²) in [4.78, 5) is 13.9. The van der Waals surface area contributed by atoms with Gasteiger partial charge in [-0.1, -0.05) is 13.8 Å². The number of carbonyl (C=O) groups excluding carboxylic acids is 1. The summed E-state index contributed by atoms with van der Waals surface area (Å²) < 4.78 is 0. The van der Waals surface area contributed by atoms with Crippen molar-refractivity contribution in [1.82, 2.24) is 10.2 Å². The van der Waals surface area contributed by atoms with Crippen LogP contribution in [0.1, 0.15) is 47.0 Å². The van der Waals surface area contributed by atoms with E-state index in [0.29, 0.717) is 5.41 Å². The average Bonchev–Trinajstić information content (AvgIpc) is 2.28. The van der Waals surface area contributed by atoms with Crippen LogP contribution in [0.2, 0.25) is 0 Å². The van der Waals surface area contributed by atoms with Crippen LogP contribution in [0.25, 0.3) is 0 Å². The first kappa shape index (κ1) is 12.7. The van der Waals surface area contributed by atoms with Gasteiger partial charge < -0.3 is 10.2 Å². The molecule has 2 fully saturated rings. The van der Waals surface area contributed by atoms with Crippen LogP contribution in [-0.4, -0.2) is 30.1 Å². The van der Waals surface area contributed by atoms with Crippen molar-refractivity contribution in [3.05, 3.63) is 0 Å². The maximum absolute atomic E-state index is 11.9. The maximum Gasteiger partial charge on any atom is 0.317 e. The summed E-state index contributed by atoms with van der Waals surface area (Å²) in [5.41, 5.74) is 0.550. The zero-order chi connectivity index (χ0) is 12.6. The van der Waals surface area contributed by atoms with Crippen LogP contribution in [0.4, 0.5) is 4.79 Å². The smallest absolute Gasteiger partial charge is 0.317 e. The second-order valence-electron chi connectivity index (χ2n) is 6.36. The lowest BCUT2D eigenvalue weighted by Gasteiger charge is -2.57. The van der Waals surface area contributed by atoms with E-state index < -0.39 is 0 Å². The van der Waals surface area contributed by atoms with E-state index in [4.69, 9.17) is 0 Å². The van der Waals surface area contributed by atoms with Crippen LogP contribution in [0.3, 0.4) is 0 Å². The standard InChI is InChI=1S/C14H26N2O/c1-10(2)15-13(17)16-7-5-14(6-8-16)11(3)9-12(14)4/h10-12H,5-9H2,1-4H3,(H,15,17). The van der Waals surface area contributed by atoms with Crippen LogP contribution < -0.4 is 5.32 Å². The summed E-state index contributed by atoms with van der Waals surface area (Å²) in [6, 6.07) is 0.356. The molecule has 2 rings (SSSR count). The van der Waals surface area contributed by atoms with E-state index in [9.17, 15) is 4.79 Å². The van der Waals surface area contributed by atoms with Gasteiger partial charge in [-0.25, -0.2) is 4.79 Å². The molecular weight excluding hydrogens is 212 g/mol. The Morgan fingerprint density at radius 2 is 1.76 bits per heavy atom. The molecule has 2 atom stereocenters. The fourth-order valence-electron chi connectivity index (χ4n) is 3.77. The number of rotatable bonds is 1. The van der Waals surface area contributed by atoms with Gasteiger partial charge in [-0.05, 0) is 50.4 Å². The highest BCUT2D eigenvalue weighted by Crippen LogP contribution is 2.57. The Balaban J connectivity index is 1.88. The Bertz CT molecular complexity index is 283. The third kappa shape index (κ3) is 2.16. The molecule has 2 unspecified atom stereocenters. The molecular formula is C14H26N2O. The summed E-state index contributed by atoms with van der Waals surface area (Å²) in [5, 5.41) is 2.99. The van der Waals surface area contributed by atoms with E-state index in [-0.39, 0.29) is 12.1 Å². The summed E-state index contributed by atoms with van der Waals surface area (Å²) in [5.74, 6) is 1.71. The first-order chi connectivity index (χ1) is 7.95. The Morgan fingerprint density at radius 3 is 2.18 bits per heavy atom. The Morgan fingerprint density at radius 1 is 1.24 bits per heavy atom. The van der Waals surface area contributed by atoms with Crippen LogP contribution >= 0.6 is 0 Å². The second-order valence-corrected chi connectivity index (χ2v) is 6.36. The Hall–Kier alpha value is -0.730. The number of amides is 2. The number of hydrogen-bond donors (Lipinski definition) is 1. The van der Waals surface area contributed by atoms with Crippen molar-refractivity contribution in [3.8, 4) is 0 Å². The van der Waals surface area contributed by atoms with E-state index in [0.717, 1.165) is 24.9 Å². The molecule has 0 bridgehead atoms. The first-order valence-electron chi connectivity index (χ1n) is 7.01. The van der Waals surface area contributed by atoms with Gasteiger partial charge in [0.2, 0.25) is 0 Å². The third-order valence-corrected chi connectivity index (χ3v) is 5.06. The first-order valence-corrected chi connectivity index (χ1v) is 7.01. The predicted molar refractivity (Wildman–Crippen MR) is 69.9 cm³/mol. The van der Waals surface area contributed by atoms with Crippen molar-refractivity contribution in [1.29, 1.82) is 0 Å². The van der Waals surface area contributed by atoms with Crippen LogP contribution in [0.15, 0.2) is 0 Å². The molecule has 17 heavy (non-hydrogen) atoms. The largest absolute Gasteiger partial charge is 0.336 e. The topological polar surface area (TPSA) is 32.3 Å². The summed E-state index contributed by atoms with van der Waals surface area (Å²) in [6.07, 6.45) is 3.76. The molecule has 98 valence electrons. The quantitative estimate of drug-likeness (QED) is 0.748. The van der Waals surface area contributed by atoms with Crippen LogP contribution in [0.5, 0.6) is 0 Å². The molecule has 3 nitrogen and oxygen atoms in total. The molecule has 1 spiro atoms. The highest BCUT2D eigenvalue weighted by molar-refractivity contribution is 5.74. The Labute approximate surface area is 105 Å². The molecule has 0 aromatic heterocycles. The minimum absolute atomic E-state index is 0.120. The van der Waals surface area contributed by atoms with Gasteiger partial charge in [0, 0.05) is 19.1 Å². The van der Waals surface area contributed by atoms with Gasteiger partial charge in [-0.2, -0.15) is 0 Å². The molecule has 1 N–H and O–H groups in total. The van der Waals surface area contributed by atoms with Crippen molar-refractivity contribution >= 4 is 6.03 Å². The normalized spacial score (nSPS) is 31.5. The molecule has 2 aliphatic rings. The average molecular weight is 238 g/mol. The minimum atomic E-state index is 0.120. The molecule has 1 aliphatic heterocycles. The van der Waals surface area contributed by atoms with Gasteiger partial charge in [0.25, 0.3) is 0 Å². The summed E-state index contributed by atoms with van der Waals surface area (Å²) in [6.45, 7) is 10.7. The van der Waals surface area contributed by atoms with Gasteiger partial charge in [0.1, 0.15) is 0 Å². The fourth-order valence-corrected chi connectivity index (χ4v) is 3.77. The zero-order valence-corrected chi connectivity index (χ0v) is 11.6.